The second-order valence-corrected chi connectivity index (χ2v) is 5.47. The van der Waals surface area contributed by atoms with Gasteiger partial charge in [0.15, 0.2) is 0 Å². The summed E-state index contributed by atoms with van der Waals surface area (Å²) in [4.78, 5) is 0. The van der Waals surface area contributed by atoms with E-state index in [9.17, 15) is 0 Å². The average Bonchev–Trinajstić information content (AvgIpc) is 2.02. The lowest BCUT2D eigenvalue weighted by Crippen LogP contribution is -2.36. The van der Waals surface area contributed by atoms with E-state index in [-0.39, 0.29) is 0 Å². The second kappa shape index (κ2) is 6.41. The van der Waals surface area contributed by atoms with Crippen molar-refractivity contribution in [3.05, 3.63) is 0 Å². The molecule has 0 rings (SSSR count). The molecule has 0 fully saturated rings. The van der Waals surface area contributed by atoms with Crippen LogP contribution in [0.1, 0.15) is 41.0 Å². The molecule has 2 nitrogen and oxygen atoms in total. The Morgan fingerprint density at radius 3 is 2.14 bits per heavy atom. The number of rotatable bonds is 6. The van der Waals surface area contributed by atoms with Crippen molar-refractivity contribution in [2.75, 3.05) is 20.1 Å². The van der Waals surface area contributed by atoms with Crippen LogP contribution in [0.3, 0.4) is 0 Å². The van der Waals surface area contributed by atoms with Crippen LogP contribution in [0.15, 0.2) is 0 Å². The van der Waals surface area contributed by atoms with Gasteiger partial charge in [-0.2, -0.15) is 0 Å². The summed E-state index contributed by atoms with van der Waals surface area (Å²) in [6.45, 7) is 13.7. The predicted molar refractivity (Wildman–Crippen MR) is 64.6 cm³/mol. The lowest BCUT2D eigenvalue weighted by molar-refractivity contribution is 0.242. The van der Waals surface area contributed by atoms with Crippen molar-refractivity contribution in [2.24, 2.45) is 11.3 Å². The Bertz CT molecular complexity index is 138. The molecular weight excluding hydrogens is 172 g/mol. The van der Waals surface area contributed by atoms with Gasteiger partial charge in [-0.1, -0.05) is 27.7 Å². The first-order valence-electron chi connectivity index (χ1n) is 5.76. The first-order valence-corrected chi connectivity index (χ1v) is 5.76. The van der Waals surface area contributed by atoms with Crippen LogP contribution in [0.25, 0.3) is 0 Å². The fourth-order valence-corrected chi connectivity index (χ4v) is 1.36. The average molecular weight is 200 g/mol. The summed E-state index contributed by atoms with van der Waals surface area (Å²) in [7, 11) is 2.00. The molecule has 0 bridgehead atoms. The normalized spacial score (nSPS) is 16.7. The van der Waals surface area contributed by atoms with Crippen LogP contribution >= 0.6 is 0 Å². The SMILES string of the molecule is CNCC(C)NCCC(C)C(C)(C)C. The quantitative estimate of drug-likeness (QED) is 0.687. The van der Waals surface area contributed by atoms with Gasteiger partial charge in [0, 0.05) is 12.6 Å². The van der Waals surface area contributed by atoms with Gasteiger partial charge in [-0.15, -0.1) is 0 Å². The maximum Gasteiger partial charge on any atom is 0.0164 e. The van der Waals surface area contributed by atoms with Crippen LogP contribution in [-0.4, -0.2) is 26.2 Å². The zero-order chi connectivity index (χ0) is 11.2. The Hall–Kier alpha value is -0.0800. The molecule has 2 unspecified atom stereocenters. The van der Waals surface area contributed by atoms with Crippen LogP contribution in [0, 0.1) is 11.3 Å². The van der Waals surface area contributed by atoms with E-state index in [1.54, 1.807) is 0 Å². The van der Waals surface area contributed by atoms with E-state index < -0.39 is 0 Å². The molecule has 0 radical (unpaired) electrons. The zero-order valence-corrected chi connectivity index (χ0v) is 10.8. The van der Waals surface area contributed by atoms with Gasteiger partial charge in [0.25, 0.3) is 0 Å². The van der Waals surface area contributed by atoms with E-state index >= 15 is 0 Å². The summed E-state index contributed by atoms with van der Waals surface area (Å²) in [6.07, 6.45) is 1.26. The smallest absolute Gasteiger partial charge is 0.0164 e. The van der Waals surface area contributed by atoms with Crippen molar-refractivity contribution in [2.45, 2.75) is 47.1 Å². The van der Waals surface area contributed by atoms with Gasteiger partial charge in [-0.3, -0.25) is 0 Å². The third-order valence-electron chi connectivity index (χ3n) is 3.06. The number of hydrogen-bond acceptors (Lipinski definition) is 2. The molecule has 0 aliphatic heterocycles. The van der Waals surface area contributed by atoms with Crippen LogP contribution in [-0.2, 0) is 0 Å². The van der Waals surface area contributed by atoms with E-state index in [4.69, 9.17) is 0 Å². The molecule has 86 valence electrons. The molecule has 0 aromatic carbocycles. The Kier molecular flexibility index (Phi) is 6.38. The van der Waals surface area contributed by atoms with Crippen molar-refractivity contribution < 1.29 is 0 Å². The highest BCUT2D eigenvalue weighted by atomic mass is 15.0. The highest BCUT2D eigenvalue weighted by molar-refractivity contribution is 4.72. The molecule has 2 atom stereocenters. The molecule has 2 heteroatoms. The number of likely N-dealkylation sites (N-methyl/N-ethyl adjacent to an activating group) is 1. The van der Waals surface area contributed by atoms with Gasteiger partial charge in [-0.05, 0) is 38.3 Å². The molecule has 0 aromatic heterocycles. The van der Waals surface area contributed by atoms with Crippen molar-refractivity contribution in [1.82, 2.24) is 10.6 Å². The van der Waals surface area contributed by atoms with Crippen LogP contribution in [0.5, 0.6) is 0 Å². The fraction of sp³-hybridized carbons (Fsp3) is 1.00. The minimum absolute atomic E-state index is 0.438. The first kappa shape index (κ1) is 13.9. The monoisotopic (exact) mass is 200 g/mol. The Balaban J connectivity index is 3.54. The van der Waals surface area contributed by atoms with Gasteiger partial charge in [-0.25, -0.2) is 0 Å². The molecule has 2 N–H and O–H groups in total. The summed E-state index contributed by atoms with van der Waals surface area (Å²) >= 11 is 0. The lowest BCUT2D eigenvalue weighted by atomic mass is 9.80. The third-order valence-corrected chi connectivity index (χ3v) is 3.06. The molecule has 0 aliphatic carbocycles. The van der Waals surface area contributed by atoms with Crippen LogP contribution < -0.4 is 10.6 Å². The van der Waals surface area contributed by atoms with E-state index in [0.29, 0.717) is 11.5 Å². The number of hydrogen-bond donors (Lipinski definition) is 2. The molecular formula is C12H28N2. The van der Waals surface area contributed by atoms with Gasteiger partial charge in [0.2, 0.25) is 0 Å². The summed E-state index contributed by atoms with van der Waals surface area (Å²) in [5.41, 5.74) is 0.438. The molecule has 0 aliphatic rings. The highest BCUT2D eigenvalue weighted by Crippen LogP contribution is 2.27. The highest BCUT2D eigenvalue weighted by Gasteiger charge is 2.19. The van der Waals surface area contributed by atoms with Crippen molar-refractivity contribution in [3.8, 4) is 0 Å². The van der Waals surface area contributed by atoms with E-state index in [1.807, 2.05) is 7.05 Å². The Morgan fingerprint density at radius 1 is 1.14 bits per heavy atom. The third kappa shape index (κ3) is 6.39. The number of nitrogens with one attached hydrogen (secondary N) is 2. The Labute approximate surface area is 89.9 Å². The topological polar surface area (TPSA) is 24.1 Å². The van der Waals surface area contributed by atoms with Gasteiger partial charge in [0.05, 0.1) is 0 Å². The molecule has 0 amide bonds. The van der Waals surface area contributed by atoms with Crippen molar-refractivity contribution >= 4 is 0 Å². The van der Waals surface area contributed by atoms with Crippen molar-refractivity contribution in [1.29, 1.82) is 0 Å². The first-order chi connectivity index (χ1) is 6.38. The van der Waals surface area contributed by atoms with Crippen LogP contribution in [0.2, 0.25) is 0 Å². The van der Waals surface area contributed by atoms with Crippen LogP contribution in [0.4, 0.5) is 0 Å². The fourth-order valence-electron chi connectivity index (χ4n) is 1.36. The summed E-state index contributed by atoms with van der Waals surface area (Å²) in [6, 6.07) is 0.576. The molecule has 0 heterocycles. The maximum atomic E-state index is 3.52. The molecule has 0 aromatic rings. The van der Waals surface area contributed by atoms with E-state index in [1.165, 1.54) is 6.42 Å². The Morgan fingerprint density at radius 2 is 1.71 bits per heavy atom. The summed E-state index contributed by atoms with van der Waals surface area (Å²) < 4.78 is 0. The van der Waals surface area contributed by atoms with Crippen molar-refractivity contribution in [3.63, 3.8) is 0 Å². The van der Waals surface area contributed by atoms with Gasteiger partial charge < -0.3 is 10.6 Å². The minimum atomic E-state index is 0.438. The standard InChI is InChI=1S/C12H28N2/c1-10(12(3,4)5)7-8-14-11(2)9-13-6/h10-11,13-14H,7-9H2,1-6H3. The van der Waals surface area contributed by atoms with E-state index in [2.05, 4.69) is 45.3 Å². The second-order valence-electron chi connectivity index (χ2n) is 5.47. The van der Waals surface area contributed by atoms with Gasteiger partial charge in [0.1, 0.15) is 0 Å². The van der Waals surface area contributed by atoms with Gasteiger partial charge >= 0.3 is 0 Å². The zero-order valence-electron chi connectivity index (χ0n) is 10.8. The lowest BCUT2D eigenvalue weighted by Gasteiger charge is -2.27. The minimum Gasteiger partial charge on any atom is -0.318 e. The summed E-state index contributed by atoms with van der Waals surface area (Å²) in [5, 5.41) is 6.70. The maximum absolute atomic E-state index is 3.52. The molecule has 0 saturated carbocycles. The predicted octanol–water partition coefficient (Wildman–Crippen LogP) is 2.26. The van der Waals surface area contributed by atoms with E-state index in [0.717, 1.165) is 19.0 Å². The molecule has 14 heavy (non-hydrogen) atoms. The molecule has 0 spiro atoms. The molecule has 0 saturated heterocycles. The summed E-state index contributed by atoms with van der Waals surface area (Å²) in [5.74, 6) is 0.775. The largest absolute Gasteiger partial charge is 0.318 e.